The number of halogens is 4. The fraction of sp³-hybridized carbons (Fsp3) is 0.250. The quantitative estimate of drug-likeness (QED) is 0.461. The van der Waals surface area contributed by atoms with Crippen molar-refractivity contribution in [2.45, 2.75) is 12.3 Å². The first-order valence-electron chi connectivity index (χ1n) is 3.58. The minimum atomic E-state index is -2.72. The van der Waals surface area contributed by atoms with Crippen LogP contribution in [0.15, 0.2) is 6.07 Å². The van der Waals surface area contributed by atoms with Gasteiger partial charge < -0.3 is 0 Å². The molecule has 1 aromatic heterocycles. The summed E-state index contributed by atoms with van der Waals surface area (Å²) in [6.45, 7) is 0. The van der Waals surface area contributed by atoms with Gasteiger partial charge in [0, 0.05) is 11.1 Å². The van der Waals surface area contributed by atoms with Gasteiger partial charge in [0.2, 0.25) is 0 Å². The number of aldehydes is 1. The Morgan fingerprint density at radius 3 is 2.64 bits per heavy atom. The molecule has 0 spiro atoms. The molecule has 14 heavy (non-hydrogen) atoms. The van der Waals surface area contributed by atoms with Gasteiger partial charge in [-0.25, -0.2) is 13.8 Å². The van der Waals surface area contributed by atoms with Crippen molar-refractivity contribution in [3.63, 3.8) is 0 Å². The summed E-state index contributed by atoms with van der Waals surface area (Å²) >= 11 is 11.0. The number of hydrogen-bond acceptors (Lipinski definition) is 2. The van der Waals surface area contributed by atoms with E-state index in [1.54, 1.807) is 0 Å². The maximum absolute atomic E-state index is 12.4. The summed E-state index contributed by atoms with van der Waals surface area (Å²) in [4.78, 5) is 13.9. The summed E-state index contributed by atoms with van der Waals surface area (Å²) in [7, 11) is 0. The first kappa shape index (κ1) is 11.3. The number of nitrogens with zero attached hydrogens (tertiary/aromatic N) is 1. The summed E-state index contributed by atoms with van der Waals surface area (Å²) in [6.07, 6.45) is -2.36. The van der Waals surface area contributed by atoms with E-state index in [1.807, 2.05) is 0 Å². The molecular formula is C8H5Cl2F2NO. The number of aromatic nitrogens is 1. The van der Waals surface area contributed by atoms with Crippen molar-refractivity contribution in [1.29, 1.82) is 0 Å². The van der Waals surface area contributed by atoms with Gasteiger partial charge in [-0.3, -0.25) is 4.79 Å². The van der Waals surface area contributed by atoms with Gasteiger partial charge in [0.1, 0.15) is 10.8 Å². The monoisotopic (exact) mass is 239 g/mol. The Morgan fingerprint density at radius 2 is 2.21 bits per heavy atom. The van der Waals surface area contributed by atoms with E-state index in [1.165, 1.54) is 0 Å². The molecule has 0 aliphatic heterocycles. The molecule has 0 aromatic carbocycles. The van der Waals surface area contributed by atoms with Gasteiger partial charge in [-0.15, -0.1) is 11.6 Å². The van der Waals surface area contributed by atoms with Crippen LogP contribution in [0.5, 0.6) is 0 Å². The Balaban J connectivity index is 3.35. The molecule has 0 aliphatic rings. The van der Waals surface area contributed by atoms with E-state index in [-0.39, 0.29) is 27.9 Å². The van der Waals surface area contributed by atoms with Crippen molar-refractivity contribution in [3.05, 3.63) is 28.0 Å². The Bertz CT molecular complexity index is 357. The van der Waals surface area contributed by atoms with Gasteiger partial charge in [0.15, 0.2) is 6.29 Å². The van der Waals surface area contributed by atoms with E-state index >= 15 is 0 Å². The van der Waals surface area contributed by atoms with Crippen molar-refractivity contribution in [2.24, 2.45) is 0 Å². The Hall–Kier alpha value is -0.740. The van der Waals surface area contributed by atoms with Crippen molar-refractivity contribution in [2.75, 3.05) is 0 Å². The third-order valence-corrected chi connectivity index (χ3v) is 2.20. The van der Waals surface area contributed by atoms with Crippen LogP contribution >= 0.6 is 23.2 Å². The lowest BCUT2D eigenvalue weighted by Crippen LogP contribution is -1.99. The molecule has 6 heteroatoms. The predicted octanol–water partition coefficient (Wildman–Crippen LogP) is 3.22. The normalized spacial score (nSPS) is 10.6. The standard InChI is InChI=1S/C8H5Cl2F2NO/c9-2-6-5(8(11)12)1-4(3-14)13-7(6)10/h1,3,8H,2H2. The van der Waals surface area contributed by atoms with Gasteiger partial charge in [-0.2, -0.15) is 0 Å². The highest BCUT2D eigenvalue weighted by atomic mass is 35.5. The molecule has 0 fully saturated rings. The Morgan fingerprint density at radius 1 is 1.57 bits per heavy atom. The molecule has 1 rings (SSSR count). The lowest BCUT2D eigenvalue weighted by Gasteiger charge is -2.07. The van der Waals surface area contributed by atoms with Crippen LogP contribution in [0.3, 0.4) is 0 Å². The second-order valence-electron chi connectivity index (χ2n) is 2.46. The largest absolute Gasteiger partial charge is 0.296 e. The second-order valence-corrected chi connectivity index (χ2v) is 3.08. The lowest BCUT2D eigenvalue weighted by atomic mass is 10.1. The molecular weight excluding hydrogens is 235 g/mol. The lowest BCUT2D eigenvalue weighted by molar-refractivity contribution is 0.111. The fourth-order valence-corrected chi connectivity index (χ4v) is 1.59. The molecule has 0 bridgehead atoms. The zero-order valence-electron chi connectivity index (χ0n) is 6.81. The molecule has 0 aliphatic carbocycles. The van der Waals surface area contributed by atoms with Gasteiger partial charge in [0.25, 0.3) is 6.43 Å². The van der Waals surface area contributed by atoms with Crippen LogP contribution < -0.4 is 0 Å². The van der Waals surface area contributed by atoms with Crippen LogP contribution in [0.25, 0.3) is 0 Å². The van der Waals surface area contributed by atoms with Crippen LogP contribution in [0.4, 0.5) is 8.78 Å². The summed E-state index contributed by atoms with van der Waals surface area (Å²) in [5.41, 5.74) is -0.407. The van der Waals surface area contributed by atoms with Crippen molar-refractivity contribution >= 4 is 29.5 Å². The van der Waals surface area contributed by atoms with Crippen LogP contribution in [0.2, 0.25) is 5.15 Å². The highest BCUT2D eigenvalue weighted by Crippen LogP contribution is 2.28. The van der Waals surface area contributed by atoms with E-state index < -0.39 is 6.43 Å². The summed E-state index contributed by atoms with van der Waals surface area (Å²) in [5, 5.41) is -0.153. The van der Waals surface area contributed by atoms with Crippen molar-refractivity contribution in [3.8, 4) is 0 Å². The topological polar surface area (TPSA) is 30.0 Å². The number of carbonyl (C=O) groups is 1. The van der Waals surface area contributed by atoms with E-state index in [0.717, 1.165) is 6.07 Å². The predicted molar refractivity (Wildman–Crippen MR) is 49.1 cm³/mol. The first-order valence-corrected chi connectivity index (χ1v) is 4.50. The second kappa shape index (κ2) is 4.66. The first-order chi connectivity index (χ1) is 6.60. The average molecular weight is 240 g/mol. The third-order valence-electron chi connectivity index (χ3n) is 1.62. The fourth-order valence-electron chi connectivity index (χ4n) is 0.966. The van der Waals surface area contributed by atoms with Crippen LogP contribution in [-0.4, -0.2) is 11.3 Å². The molecule has 0 atom stereocenters. The molecule has 0 saturated carbocycles. The maximum atomic E-state index is 12.4. The van der Waals surface area contributed by atoms with E-state index in [2.05, 4.69) is 4.98 Å². The molecule has 0 N–H and O–H groups in total. The molecule has 1 heterocycles. The minimum absolute atomic E-state index is 0.0638. The van der Waals surface area contributed by atoms with Gasteiger partial charge >= 0.3 is 0 Å². The molecule has 0 unspecified atom stereocenters. The maximum Gasteiger partial charge on any atom is 0.264 e. The zero-order valence-corrected chi connectivity index (χ0v) is 8.32. The molecule has 76 valence electrons. The molecule has 0 saturated heterocycles. The number of alkyl halides is 3. The smallest absolute Gasteiger partial charge is 0.264 e. The summed E-state index contributed by atoms with van der Waals surface area (Å²) < 4.78 is 24.9. The Labute approximate surface area is 88.8 Å². The molecule has 1 aromatic rings. The number of hydrogen-bond donors (Lipinski definition) is 0. The Kier molecular flexibility index (Phi) is 3.77. The van der Waals surface area contributed by atoms with E-state index in [9.17, 15) is 13.6 Å². The molecule has 0 amide bonds. The van der Waals surface area contributed by atoms with Gasteiger partial charge in [0.05, 0.1) is 5.88 Å². The third kappa shape index (κ3) is 2.19. The highest BCUT2D eigenvalue weighted by molar-refractivity contribution is 6.31. The zero-order chi connectivity index (χ0) is 10.7. The van der Waals surface area contributed by atoms with Crippen molar-refractivity contribution < 1.29 is 13.6 Å². The van der Waals surface area contributed by atoms with E-state index in [4.69, 9.17) is 23.2 Å². The minimum Gasteiger partial charge on any atom is -0.296 e. The van der Waals surface area contributed by atoms with E-state index in [0.29, 0.717) is 6.29 Å². The van der Waals surface area contributed by atoms with Gasteiger partial charge in [-0.05, 0) is 6.07 Å². The van der Waals surface area contributed by atoms with Crippen molar-refractivity contribution in [1.82, 2.24) is 4.98 Å². The van der Waals surface area contributed by atoms with Crippen LogP contribution in [0, 0.1) is 0 Å². The number of rotatable bonds is 3. The summed E-state index contributed by atoms with van der Waals surface area (Å²) in [5.74, 6) is -0.162. The summed E-state index contributed by atoms with van der Waals surface area (Å²) in [6, 6.07) is 0.987. The number of pyridine rings is 1. The van der Waals surface area contributed by atoms with Gasteiger partial charge in [-0.1, -0.05) is 11.6 Å². The van der Waals surface area contributed by atoms with Crippen LogP contribution in [0.1, 0.15) is 28.0 Å². The highest BCUT2D eigenvalue weighted by Gasteiger charge is 2.17. The van der Waals surface area contributed by atoms with Crippen LogP contribution in [-0.2, 0) is 5.88 Å². The molecule has 0 radical (unpaired) electrons. The average Bonchev–Trinajstić information content (AvgIpc) is 2.16. The number of carbonyl (C=O) groups excluding carboxylic acids is 1. The molecule has 2 nitrogen and oxygen atoms in total. The SMILES string of the molecule is O=Cc1cc(C(F)F)c(CCl)c(Cl)n1.